The summed E-state index contributed by atoms with van der Waals surface area (Å²) in [6.45, 7) is 5.98. The molecule has 1 fully saturated rings. The van der Waals surface area contributed by atoms with E-state index in [4.69, 9.17) is 4.52 Å². The molecule has 4 rings (SSSR count). The minimum atomic E-state index is -0.0136. The Morgan fingerprint density at radius 3 is 2.81 bits per heavy atom. The van der Waals surface area contributed by atoms with Crippen LogP contribution in [0.1, 0.15) is 41.7 Å². The summed E-state index contributed by atoms with van der Waals surface area (Å²) < 4.78 is 5.06. The van der Waals surface area contributed by atoms with Gasteiger partial charge in [-0.3, -0.25) is 0 Å². The molecule has 1 aliphatic heterocycles. The number of rotatable bonds is 4. The summed E-state index contributed by atoms with van der Waals surface area (Å²) in [7, 11) is 0. The van der Waals surface area contributed by atoms with Gasteiger partial charge in [0.1, 0.15) is 0 Å². The van der Waals surface area contributed by atoms with E-state index >= 15 is 0 Å². The number of carbonyl (C=O) groups excluding carboxylic acids is 1. The maximum atomic E-state index is 12.4. The molecule has 142 valence electrons. The summed E-state index contributed by atoms with van der Waals surface area (Å²) in [6, 6.07) is 8.45. The molecule has 1 saturated heterocycles. The maximum Gasteiger partial charge on any atom is 0.317 e. The third-order valence-corrected chi connectivity index (χ3v) is 5.32. The summed E-state index contributed by atoms with van der Waals surface area (Å²) in [6.07, 6.45) is 2.52. The molecule has 0 spiro atoms. The lowest BCUT2D eigenvalue weighted by Crippen LogP contribution is -2.44. The first-order chi connectivity index (χ1) is 13.1. The molecule has 7 heteroatoms. The monoisotopic (exact) mass is 367 g/mol. The zero-order valence-electron chi connectivity index (χ0n) is 15.8. The molecule has 2 N–H and O–H groups in total. The minimum Gasteiger partial charge on any atom is -0.358 e. The van der Waals surface area contributed by atoms with E-state index in [2.05, 4.69) is 51.6 Å². The zero-order valence-corrected chi connectivity index (χ0v) is 15.8. The Hall–Kier alpha value is -2.83. The lowest BCUT2D eigenvalue weighted by Gasteiger charge is -2.32. The topological polar surface area (TPSA) is 87.0 Å². The molecular weight excluding hydrogens is 342 g/mol. The summed E-state index contributed by atoms with van der Waals surface area (Å²) in [4.78, 5) is 21.9. The van der Waals surface area contributed by atoms with Crippen molar-refractivity contribution in [3.8, 4) is 0 Å². The number of urea groups is 1. The molecule has 1 aromatic carbocycles. The Bertz CT molecular complexity index is 937. The van der Waals surface area contributed by atoms with E-state index in [9.17, 15) is 4.79 Å². The number of aromatic amines is 1. The number of piperidine rings is 1. The van der Waals surface area contributed by atoms with E-state index in [1.165, 1.54) is 22.2 Å². The highest BCUT2D eigenvalue weighted by Crippen LogP contribution is 2.35. The number of carbonyl (C=O) groups is 1. The van der Waals surface area contributed by atoms with E-state index in [1.807, 2.05) is 4.90 Å². The average Bonchev–Trinajstić information content (AvgIpc) is 3.23. The number of likely N-dealkylation sites (tertiary alicyclic amines) is 1. The van der Waals surface area contributed by atoms with Gasteiger partial charge in [-0.1, -0.05) is 23.4 Å². The third-order valence-electron chi connectivity index (χ3n) is 5.32. The van der Waals surface area contributed by atoms with Gasteiger partial charge in [-0.2, -0.15) is 4.98 Å². The van der Waals surface area contributed by atoms with E-state index in [1.54, 1.807) is 6.92 Å². The van der Waals surface area contributed by atoms with Crippen LogP contribution in [-0.4, -0.2) is 45.7 Å². The smallest absolute Gasteiger partial charge is 0.317 e. The van der Waals surface area contributed by atoms with Gasteiger partial charge in [0.2, 0.25) is 5.89 Å². The second-order valence-electron chi connectivity index (χ2n) is 7.19. The van der Waals surface area contributed by atoms with Gasteiger partial charge in [0.05, 0.1) is 0 Å². The molecule has 2 aromatic heterocycles. The number of aromatic nitrogens is 3. The second kappa shape index (κ2) is 7.42. The predicted molar refractivity (Wildman–Crippen MR) is 103 cm³/mol. The summed E-state index contributed by atoms with van der Waals surface area (Å²) in [5.41, 5.74) is 3.85. The van der Waals surface area contributed by atoms with Crippen molar-refractivity contribution >= 4 is 16.9 Å². The van der Waals surface area contributed by atoms with Crippen LogP contribution in [0, 0.1) is 13.8 Å². The summed E-state index contributed by atoms with van der Waals surface area (Å²) in [5.74, 6) is 1.67. The van der Waals surface area contributed by atoms with Crippen LogP contribution < -0.4 is 5.32 Å². The number of hydrogen-bond acceptors (Lipinski definition) is 4. The number of aryl methyl sites for hydroxylation is 2. The highest BCUT2D eigenvalue weighted by Gasteiger charge is 2.26. The molecule has 0 unspecified atom stereocenters. The van der Waals surface area contributed by atoms with Gasteiger partial charge in [0, 0.05) is 42.7 Å². The van der Waals surface area contributed by atoms with Crippen LogP contribution in [0.25, 0.3) is 10.9 Å². The highest BCUT2D eigenvalue weighted by atomic mass is 16.5. The number of amides is 2. The third kappa shape index (κ3) is 3.67. The van der Waals surface area contributed by atoms with Crippen LogP contribution in [-0.2, 0) is 6.42 Å². The lowest BCUT2D eigenvalue weighted by atomic mass is 9.87. The first-order valence-electron chi connectivity index (χ1n) is 9.51. The van der Waals surface area contributed by atoms with Gasteiger partial charge in [0.25, 0.3) is 0 Å². The molecule has 2 amide bonds. The van der Waals surface area contributed by atoms with Crippen LogP contribution >= 0.6 is 0 Å². The van der Waals surface area contributed by atoms with Gasteiger partial charge in [-0.15, -0.1) is 0 Å². The van der Waals surface area contributed by atoms with Crippen molar-refractivity contribution in [2.75, 3.05) is 19.6 Å². The standard InChI is InChI=1S/C20H25N5O2/c1-13-19(16-5-3-4-6-17(16)22-13)15-8-11-25(12-9-15)20(26)21-10-7-18-23-14(2)24-27-18/h3-6,15,22H,7-12H2,1-2H3,(H,21,26). The first-order valence-corrected chi connectivity index (χ1v) is 9.51. The Morgan fingerprint density at radius 1 is 1.30 bits per heavy atom. The molecule has 0 saturated carbocycles. The molecule has 7 nitrogen and oxygen atoms in total. The molecule has 1 aliphatic rings. The van der Waals surface area contributed by atoms with Crippen molar-refractivity contribution in [2.45, 2.75) is 39.0 Å². The maximum absolute atomic E-state index is 12.4. The van der Waals surface area contributed by atoms with Gasteiger partial charge in [-0.05, 0) is 44.2 Å². The lowest BCUT2D eigenvalue weighted by molar-refractivity contribution is 0.181. The van der Waals surface area contributed by atoms with Gasteiger partial charge in [0.15, 0.2) is 5.82 Å². The number of hydrogen-bond donors (Lipinski definition) is 2. The van der Waals surface area contributed by atoms with Crippen LogP contribution in [0.4, 0.5) is 4.79 Å². The molecular formula is C20H25N5O2. The molecule has 3 heterocycles. The Balaban J connectivity index is 1.31. The normalized spacial score (nSPS) is 15.4. The second-order valence-corrected chi connectivity index (χ2v) is 7.19. The SMILES string of the molecule is Cc1noc(CCNC(=O)N2CCC(c3c(C)[nH]c4ccccc34)CC2)n1. The summed E-state index contributed by atoms with van der Waals surface area (Å²) in [5, 5.41) is 8.02. The van der Waals surface area contributed by atoms with Crippen LogP contribution in [0.2, 0.25) is 0 Å². The molecule has 0 radical (unpaired) electrons. The van der Waals surface area contributed by atoms with Crippen molar-refractivity contribution in [1.82, 2.24) is 25.3 Å². The molecule has 0 aliphatic carbocycles. The van der Waals surface area contributed by atoms with Crippen molar-refractivity contribution in [3.63, 3.8) is 0 Å². The molecule has 0 atom stereocenters. The van der Waals surface area contributed by atoms with Crippen molar-refractivity contribution in [2.24, 2.45) is 0 Å². The number of nitrogens with one attached hydrogen (secondary N) is 2. The fourth-order valence-electron chi connectivity index (χ4n) is 4.03. The van der Waals surface area contributed by atoms with Crippen molar-refractivity contribution in [1.29, 1.82) is 0 Å². The van der Waals surface area contributed by atoms with Gasteiger partial charge < -0.3 is 19.7 Å². The summed E-state index contributed by atoms with van der Waals surface area (Å²) >= 11 is 0. The van der Waals surface area contributed by atoms with Crippen LogP contribution in [0.15, 0.2) is 28.8 Å². The van der Waals surface area contributed by atoms with Gasteiger partial charge in [-0.25, -0.2) is 4.79 Å². The zero-order chi connectivity index (χ0) is 18.8. The Kier molecular flexibility index (Phi) is 4.83. The van der Waals surface area contributed by atoms with E-state index < -0.39 is 0 Å². The number of nitrogens with zero attached hydrogens (tertiary/aromatic N) is 3. The number of para-hydroxylation sites is 1. The number of benzene rings is 1. The molecule has 27 heavy (non-hydrogen) atoms. The van der Waals surface area contributed by atoms with Crippen molar-refractivity contribution in [3.05, 3.63) is 47.2 Å². The first kappa shape index (κ1) is 17.6. The fraction of sp³-hybridized carbons (Fsp3) is 0.450. The van der Waals surface area contributed by atoms with Crippen LogP contribution in [0.3, 0.4) is 0 Å². The Labute approximate surface area is 158 Å². The highest BCUT2D eigenvalue weighted by molar-refractivity contribution is 5.85. The fourth-order valence-corrected chi connectivity index (χ4v) is 4.03. The van der Waals surface area contributed by atoms with E-state index in [-0.39, 0.29) is 6.03 Å². The number of H-pyrrole nitrogens is 1. The van der Waals surface area contributed by atoms with E-state index in [0.29, 0.717) is 30.6 Å². The largest absolute Gasteiger partial charge is 0.358 e. The van der Waals surface area contributed by atoms with Gasteiger partial charge >= 0.3 is 6.03 Å². The average molecular weight is 367 g/mol. The minimum absolute atomic E-state index is 0.0136. The molecule has 3 aromatic rings. The quantitative estimate of drug-likeness (QED) is 0.741. The van der Waals surface area contributed by atoms with Crippen molar-refractivity contribution < 1.29 is 9.32 Å². The molecule has 0 bridgehead atoms. The van der Waals surface area contributed by atoms with Crippen LogP contribution in [0.5, 0.6) is 0 Å². The predicted octanol–water partition coefficient (Wildman–Crippen LogP) is 3.30. The van der Waals surface area contributed by atoms with E-state index in [0.717, 1.165) is 25.9 Å². The number of fused-ring (bicyclic) bond motifs is 1. The Morgan fingerprint density at radius 2 is 2.07 bits per heavy atom.